The third-order valence-corrected chi connectivity index (χ3v) is 7.07. The zero-order chi connectivity index (χ0) is 22.1. The van der Waals surface area contributed by atoms with Gasteiger partial charge in [0.2, 0.25) is 5.91 Å². The molecule has 5 rings (SSSR count). The summed E-state index contributed by atoms with van der Waals surface area (Å²) in [6, 6.07) is 16.6. The van der Waals surface area contributed by atoms with Crippen LogP contribution in [0.25, 0.3) is 0 Å². The number of nitrogens with one attached hydrogen (secondary N) is 3. The Kier molecular flexibility index (Phi) is 5.33. The highest BCUT2D eigenvalue weighted by Crippen LogP contribution is 2.34. The standard InChI is InChI=1S/C25H28N4O3/c30-22(20-9-12-25(13-10-20)23(31)27-24(32)28-25)26-15-17-5-7-18(8-6-17)16-29-14-11-19-3-1-2-4-21(19)29/h1-8,20H,9-16H2,(H,26,30)(H2,27,28,31,32). The molecule has 0 bridgehead atoms. The molecule has 2 aromatic rings. The van der Waals surface area contributed by atoms with Crippen LogP contribution in [0.3, 0.4) is 0 Å². The highest BCUT2D eigenvalue weighted by molar-refractivity contribution is 6.07. The monoisotopic (exact) mass is 432 g/mol. The van der Waals surface area contributed by atoms with E-state index in [1.54, 1.807) is 0 Å². The molecule has 0 aromatic heterocycles. The van der Waals surface area contributed by atoms with E-state index in [0.717, 1.165) is 25.1 Å². The van der Waals surface area contributed by atoms with Crippen LogP contribution in [-0.2, 0) is 29.1 Å². The Hall–Kier alpha value is -3.35. The van der Waals surface area contributed by atoms with Crippen LogP contribution >= 0.6 is 0 Å². The number of nitrogens with zero attached hydrogens (tertiary/aromatic N) is 1. The van der Waals surface area contributed by atoms with Crippen LogP contribution in [0.15, 0.2) is 48.5 Å². The van der Waals surface area contributed by atoms with E-state index in [0.29, 0.717) is 32.2 Å². The first-order valence-corrected chi connectivity index (χ1v) is 11.3. The summed E-state index contributed by atoms with van der Waals surface area (Å²) in [6.45, 7) is 2.42. The Morgan fingerprint density at radius 1 is 1.03 bits per heavy atom. The number of para-hydroxylation sites is 1. The fourth-order valence-electron chi connectivity index (χ4n) is 5.14. The minimum atomic E-state index is -0.820. The molecular formula is C25H28N4O3. The largest absolute Gasteiger partial charge is 0.367 e. The topological polar surface area (TPSA) is 90.5 Å². The summed E-state index contributed by atoms with van der Waals surface area (Å²) < 4.78 is 0. The summed E-state index contributed by atoms with van der Waals surface area (Å²) >= 11 is 0. The van der Waals surface area contributed by atoms with Gasteiger partial charge in [0, 0.05) is 31.2 Å². The second-order valence-corrected chi connectivity index (χ2v) is 9.10. The minimum absolute atomic E-state index is 0.0160. The van der Waals surface area contributed by atoms with Crippen LogP contribution in [-0.4, -0.2) is 29.9 Å². The molecule has 32 heavy (non-hydrogen) atoms. The summed E-state index contributed by atoms with van der Waals surface area (Å²) in [6.07, 6.45) is 3.28. The molecule has 0 unspecified atom stereocenters. The predicted octanol–water partition coefficient (Wildman–Crippen LogP) is 2.63. The summed E-state index contributed by atoms with van der Waals surface area (Å²) in [5.74, 6) is -0.373. The number of carbonyl (C=O) groups excluding carboxylic acids is 3. The van der Waals surface area contributed by atoms with E-state index in [1.165, 1.54) is 16.8 Å². The van der Waals surface area contributed by atoms with Crippen molar-refractivity contribution in [3.05, 3.63) is 65.2 Å². The van der Waals surface area contributed by atoms with E-state index < -0.39 is 11.6 Å². The number of hydrogen-bond acceptors (Lipinski definition) is 4. The van der Waals surface area contributed by atoms with E-state index in [4.69, 9.17) is 0 Å². The number of carbonyl (C=O) groups is 3. The first kappa shape index (κ1) is 20.5. The van der Waals surface area contributed by atoms with Crippen molar-refractivity contribution in [1.29, 1.82) is 0 Å². The number of imide groups is 1. The molecule has 2 heterocycles. The normalized spacial score (nSPS) is 24.2. The van der Waals surface area contributed by atoms with Gasteiger partial charge in [-0.3, -0.25) is 14.9 Å². The second kappa shape index (κ2) is 8.30. The molecule has 7 heteroatoms. The van der Waals surface area contributed by atoms with Gasteiger partial charge in [-0.15, -0.1) is 0 Å². The van der Waals surface area contributed by atoms with E-state index in [-0.39, 0.29) is 17.7 Å². The Balaban J connectivity index is 1.11. The van der Waals surface area contributed by atoms with Gasteiger partial charge < -0.3 is 15.5 Å². The van der Waals surface area contributed by atoms with Crippen LogP contribution in [0.5, 0.6) is 0 Å². The van der Waals surface area contributed by atoms with Gasteiger partial charge in [0.25, 0.3) is 5.91 Å². The first-order chi connectivity index (χ1) is 15.5. The first-order valence-electron chi connectivity index (χ1n) is 11.3. The number of anilines is 1. The Bertz CT molecular complexity index is 1040. The molecule has 2 aliphatic heterocycles. The number of urea groups is 1. The average Bonchev–Trinajstić information content (AvgIpc) is 3.33. The maximum Gasteiger partial charge on any atom is 0.322 e. The molecule has 2 fully saturated rings. The van der Waals surface area contributed by atoms with Crippen molar-refractivity contribution in [2.45, 2.75) is 50.7 Å². The van der Waals surface area contributed by atoms with Crippen LogP contribution in [0.1, 0.15) is 42.4 Å². The van der Waals surface area contributed by atoms with Crippen molar-refractivity contribution in [2.75, 3.05) is 11.4 Å². The summed E-state index contributed by atoms with van der Waals surface area (Å²) in [5.41, 5.74) is 4.24. The molecule has 0 radical (unpaired) electrons. The quantitative estimate of drug-likeness (QED) is 0.634. The fraction of sp³-hybridized carbons (Fsp3) is 0.400. The number of hydrogen-bond donors (Lipinski definition) is 3. The highest BCUT2D eigenvalue weighted by atomic mass is 16.2. The molecule has 0 atom stereocenters. The van der Waals surface area contributed by atoms with Gasteiger partial charge in [0.1, 0.15) is 5.54 Å². The third-order valence-electron chi connectivity index (χ3n) is 7.07. The molecule has 166 valence electrons. The Morgan fingerprint density at radius 3 is 2.47 bits per heavy atom. The molecule has 3 aliphatic rings. The predicted molar refractivity (Wildman–Crippen MR) is 121 cm³/mol. The highest BCUT2D eigenvalue weighted by Gasteiger charge is 2.48. The van der Waals surface area contributed by atoms with E-state index >= 15 is 0 Å². The molecule has 1 aliphatic carbocycles. The fourth-order valence-corrected chi connectivity index (χ4v) is 5.14. The van der Waals surface area contributed by atoms with Crippen LogP contribution in [0.4, 0.5) is 10.5 Å². The van der Waals surface area contributed by atoms with Crippen molar-refractivity contribution >= 4 is 23.5 Å². The van der Waals surface area contributed by atoms with Crippen molar-refractivity contribution < 1.29 is 14.4 Å². The smallest absolute Gasteiger partial charge is 0.322 e. The van der Waals surface area contributed by atoms with E-state index in [1.807, 2.05) is 0 Å². The summed E-state index contributed by atoms with van der Waals surface area (Å²) in [7, 11) is 0. The lowest BCUT2D eigenvalue weighted by Crippen LogP contribution is -2.50. The molecule has 4 amide bonds. The van der Waals surface area contributed by atoms with Crippen LogP contribution in [0, 0.1) is 5.92 Å². The Morgan fingerprint density at radius 2 is 1.75 bits per heavy atom. The molecule has 1 saturated heterocycles. The number of rotatable bonds is 5. The number of benzene rings is 2. The summed E-state index contributed by atoms with van der Waals surface area (Å²) in [5, 5.41) is 8.08. The lowest BCUT2D eigenvalue weighted by atomic mass is 9.76. The zero-order valence-electron chi connectivity index (χ0n) is 18.0. The van der Waals surface area contributed by atoms with Crippen LogP contribution < -0.4 is 20.9 Å². The van der Waals surface area contributed by atoms with Gasteiger partial charge in [-0.1, -0.05) is 42.5 Å². The van der Waals surface area contributed by atoms with Crippen molar-refractivity contribution in [3.63, 3.8) is 0 Å². The molecule has 3 N–H and O–H groups in total. The molecular weight excluding hydrogens is 404 g/mol. The van der Waals surface area contributed by atoms with Crippen molar-refractivity contribution in [1.82, 2.24) is 16.0 Å². The van der Waals surface area contributed by atoms with Gasteiger partial charge in [-0.05, 0) is 54.9 Å². The molecule has 2 aromatic carbocycles. The SMILES string of the molecule is O=C1NC(=O)C2(CCC(C(=O)NCc3ccc(CN4CCc5ccccc54)cc3)CC2)N1. The van der Waals surface area contributed by atoms with Crippen LogP contribution in [0.2, 0.25) is 0 Å². The molecule has 1 saturated carbocycles. The van der Waals surface area contributed by atoms with Gasteiger partial charge in [-0.2, -0.15) is 0 Å². The maximum absolute atomic E-state index is 12.6. The summed E-state index contributed by atoms with van der Waals surface area (Å²) in [4.78, 5) is 38.5. The molecule has 7 nitrogen and oxygen atoms in total. The van der Waals surface area contributed by atoms with Gasteiger partial charge in [0.05, 0.1) is 0 Å². The number of fused-ring (bicyclic) bond motifs is 1. The zero-order valence-corrected chi connectivity index (χ0v) is 18.0. The van der Waals surface area contributed by atoms with Gasteiger partial charge in [-0.25, -0.2) is 4.79 Å². The average molecular weight is 433 g/mol. The maximum atomic E-state index is 12.6. The lowest BCUT2D eigenvalue weighted by Gasteiger charge is -2.33. The van der Waals surface area contributed by atoms with Gasteiger partial charge >= 0.3 is 6.03 Å². The molecule has 1 spiro atoms. The second-order valence-electron chi connectivity index (χ2n) is 9.10. The Labute approximate surface area is 187 Å². The van der Waals surface area contributed by atoms with E-state index in [9.17, 15) is 14.4 Å². The third kappa shape index (κ3) is 3.95. The van der Waals surface area contributed by atoms with Crippen molar-refractivity contribution in [2.24, 2.45) is 5.92 Å². The van der Waals surface area contributed by atoms with Crippen molar-refractivity contribution in [3.8, 4) is 0 Å². The van der Waals surface area contributed by atoms with E-state index in [2.05, 4.69) is 69.4 Å². The minimum Gasteiger partial charge on any atom is -0.367 e. The lowest BCUT2D eigenvalue weighted by molar-refractivity contribution is -0.130. The van der Waals surface area contributed by atoms with Gasteiger partial charge in [0.15, 0.2) is 0 Å². The number of amides is 4.